The van der Waals surface area contributed by atoms with E-state index in [1.165, 1.54) is 0 Å². The van der Waals surface area contributed by atoms with Crippen LogP contribution in [0.1, 0.15) is 6.23 Å². The number of nitrogens with zero attached hydrogens (tertiary/aromatic N) is 6. The Morgan fingerprint density at radius 1 is 1.70 bits per heavy atom. The first-order chi connectivity index (χ1) is 10.8. The Morgan fingerprint density at radius 2 is 2.39 bits per heavy atom. The highest BCUT2D eigenvalue weighted by Crippen LogP contribution is 2.44. The second kappa shape index (κ2) is 6.01. The Labute approximate surface area is 132 Å². The van der Waals surface area contributed by atoms with Crippen molar-refractivity contribution in [3.8, 4) is 11.3 Å². The molecule has 1 aliphatic rings. The molecule has 1 saturated heterocycles. The molecule has 4 atom stereocenters. The summed E-state index contributed by atoms with van der Waals surface area (Å²) in [7, 11) is 0. The summed E-state index contributed by atoms with van der Waals surface area (Å²) in [5, 5.41) is 35.3. The fourth-order valence-corrected chi connectivity index (χ4v) is 2.28. The molecule has 13 heteroatoms. The molecule has 23 heavy (non-hydrogen) atoms. The van der Waals surface area contributed by atoms with Crippen molar-refractivity contribution in [2.24, 2.45) is 5.11 Å². The van der Waals surface area contributed by atoms with Gasteiger partial charge in [-0.15, -0.1) is 0 Å². The van der Waals surface area contributed by atoms with Gasteiger partial charge in [0.15, 0.2) is 6.23 Å². The van der Waals surface area contributed by atoms with Crippen molar-refractivity contribution in [1.29, 1.82) is 0 Å². The maximum absolute atomic E-state index is 11.9. The summed E-state index contributed by atoms with van der Waals surface area (Å²) >= 11 is 5.28. The molecule has 0 saturated carbocycles. The summed E-state index contributed by atoms with van der Waals surface area (Å²) in [5.41, 5.74) is 8.07. The fraction of sp³-hybridized carbons (Fsp3) is 0.500. The van der Waals surface area contributed by atoms with Gasteiger partial charge >= 0.3 is 5.69 Å². The smallest absolute Gasteiger partial charge is 0.354 e. The van der Waals surface area contributed by atoms with Crippen molar-refractivity contribution in [2.45, 2.75) is 23.7 Å². The van der Waals surface area contributed by atoms with Gasteiger partial charge < -0.3 is 25.8 Å². The first-order valence-electron chi connectivity index (χ1n) is 5.93. The van der Waals surface area contributed by atoms with Gasteiger partial charge in [-0.3, -0.25) is 4.57 Å². The molecule has 12 nitrogen and oxygen atoms in total. The van der Waals surface area contributed by atoms with E-state index in [2.05, 4.69) is 25.9 Å². The zero-order valence-corrected chi connectivity index (χ0v) is 12.0. The Bertz CT molecular complexity index is 784. The quantitative estimate of drug-likeness (QED) is 0.210. The van der Waals surface area contributed by atoms with Crippen LogP contribution in [0.5, 0.6) is 0 Å². The van der Waals surface area contributed by atoms with Crippen molar-refractivity contribution in [3.05, 3.63) is 27.3 Å². The SMILES string of the molecule is [N-]=[N+]=N[C@]1(CO)O[C@@H](n2cnc(N)nc2=O)[C@@](O)(C#CCl)[C@@H]1O. The molecule has 0 bridgehead atoms. The second-order valence-corrected chi connectivity index (χ2v) is 4.70. The van der Waals surface area contributed by atoms with E-state index in [0.29, 0.717) is 4.57 Å². The van der Waals surface area contributed by atoms with E-state index in [-0.39, 0.29) is 5.95 Å². The normalized spacial score (nSPS) is 32.7. The monoisotopic (exact) mass is 343 g/mol. The van der Waals surface area contributed by atoms with Crippen LogP contribution in [0.25, 0.3) is 10.4 Å². The summed E-state index contributed by atoms with van der Waals surface area (Å²) in [4.78, 5) is 21.3. The molecule has 1 aromatic heterocycles. The lowest BCUT2D eigenvalue weighted by molar-refractivity contribution is -0.126. The van der Waals surface area contributed by atoms with Gasteiger partial charge in [-0.05, 0) is 23.1 Å². The maximum Gasteiger partial charge on any atom is 0.354 e. The summed E-state index contributed by atoms with van der Waals surface area (Å²) in [6.45, 7) is -1.01. The number of aliphatic hydroxyl groups is 3. The predicted molar refractivity (Wildman–Crippen MR) is 74.4 cm³/mol. The maximum atomic E-state index is 11.9. The van der Waals surface area contributed by atoms with Crippen molar-refractivity contribution in [3.63, 3.8) is 0 Å². The standard InChI is InChI=1S/C10H10ClN7O5/c11-2-1-9(22)5(20)10(3-19,16-17-13)23-6(9)18-4-14-7(12)15-8(18)21/h4-6,19-20,22H,3H2,(H2,12,15,21)/t5-,6+,9+,10+/m0/s1. The number of rotatable bonds is 3. The van der Waals surface area contributed by atoms with E-state index in [1.54, 1.807) is 0 Å². The van der Waals surface area contributed by atoms with Crippen LogP contribution in [0.2, 0.25) is 0 Å². The predicted octanol–water partition coefficient (Wildman–Crippen LogP) is -1.96. The lowest BCUT2D eigenvalue weighted by atomic mass is 9.92. The number of ether oxygens (including phenoxy) is 1. The van der Waals surface area contributed by atoms with Gasteiger partial charge in [0.05, 0.1) is 6.61 Å². The first-order valence-corrected chi connectivity index (χ1v) is 6.31. The average Bonchev–Trinajstić information content (AvgIpc) is 2.71. The Hall–Kier alpha value is -2.39. The van der Waals surface area contributed by atoms with Crippen LogP contribution in [0.3, 0.4) is 0 Å². The lowest BCUT2D eigenvalue weighted by Gasteiger charge is -2.27. The topological polar surface area (TPSA) is 192 Å². The summed E-state index contributed by atoms with van der Waals surface area (Å²) in [6, 6.07) is 0. The van der Waals surface area contributed by atoms with E-state index in [4.69, 9.17) is 27.6 Å². The van der Waals surface area contributed by atoms with Crippen molar-refractivity contribution < 1.29 is 20.1 Å². The highest BCUT2D eigenvalue weighted by molar-refractivity contribution is 6.30. The number of halogens is 1. The molecule has 5 N–H and O–H groups in total. The largest absolute Gasteiger partial charge is 0.393 e. The number of aromatic nitrogens is 3. The molecular formula is C10H10ClN7O5. The van der Waals surface area contributed by atoms with Crippen molar-refractivity contribution >= 4 is 17.5 Å². The van der Waals surface area contributed by atoms with Gasteiger partial charge in [0.1, 0.15) is 12.4 Å². The van der Waals surface area contributed by atoms with Crippen LogP contribution >= 0.6 is 11.6 Å². The van der Waals surface area contributed by atoms with Crippen molar-refractivity contribution in [2.75, 3.05) is 12.3 Å². The molecule has 0 amide bonds. The molecular weight excluding hydrogens is 334 g/mol. The van der Waals surface area contributed by atoms with E-state index in [9.17, 15) is 20.1 Å². The average molecular weight is 344 g/mol. The van der Waals surface area contributed by atoms with Gasteiger partial charge in [0.2, 0.25) is 17.3 Å². The van der Waals surface area contributed by atoms with Gasteiger partial charge in [-0.1, -0.05) is 5.11 Å². The molecule has 2 rings (SSSR count). The lowest BCUT2D eigenvalue weighted by Crippen LogP contribution is -2.51. The van der Waals surface area contributed by atoms with Gasteiger partial charge in [0, 0.05) is 10.3 Å². The number of hydrogen-bond donors (Lipinski definition) is 4. The minimum absolute atomic E-state index is 0.333. The zero-order chi connectivity index (χ0) is 17.3. The third kappa shape index (κ3) is 2.57. The Morgan fingerprint density at radius 3 is 2.91 bits per heavy atom. The molecule has 2 heterocycles. The molecule has 1 aromatic rings. The fourth-order valence-electron chi connectivity index (χ4n) is 2.13. The van der Waals surface area contributed by atoms with Crippen LogP contribution in [0.15, 0.2) is 16.2 Å². The van der Waals surface area contributed by atoms with Crippen LogP contribution in [0, 0.1) is 11.3 Å². The zero-order valence-electron chi connectivity index (χ0n) is 11.2. The molecule has 122 valence electrons. The van der Waals surface area contributed by atoms with Crippen LogP contribution in [-0.4, -0.2) is 53.9 Å². The second-order valence-electron chi connectivity index (χ2n) is 4.51. The molecule has 1 fully saturated rings. The van der Waals surface area contributed by atoms with Gasteiger partial charge in [0.25, 0.3) is 0 Å². The van der Waals surface area contributed by atoms with E-state index in [0.717, 1.165) is 6.33 Å². The number of azide groups is 1. The molecule has 0 aromatic carbocycles. The number of anilines is 1. The number of nitrogen functional groups attached to an aromatic ring is 1. The molecule has 0 spiro atoms. The number of nitrogens with two attached hydrogens (primary N) is 1. The summed E-state index contributed by atoms with van der Waals surface area (Å²) < 4.78 is 5.89. The van der Waals surface area contributed by atoms with Gasteiger partial charge in [-0.25, -0.2) is 9.78 Å². The molecule has 1 aliphatic heterocycles. The first kappa shape index (κ1) is 17.0. The Balaban J connectivity index is 2.67. The van der Waals surface area contributed by atoms with Gasteiger partial charge in [-0.2, -0.15) is 4.98 Å². The number of hydrogen-bond acceptors (Lipinski definition) is 9. The van der Waals surface area contributed by atoms with E-state index in [1.807, 2.05) is 5.38 Å². The highest BCUT2D eigenvalue weighted by atomic mass is 35.5. The highest BCUT2D eigenvalue weighted by Gasteiger charge is 2.64. The summed E-state index contributed by atoms with van der Waals surface area (Å²) in [6.07, 6.45) is -2.88. The van der Waals surface area contributed by atoms with Crippen LogP contribution < -0.4 is 11.4 Å². The minimum atomic E-state index is -2.50. The summed E-state index contributed by atoms with van der Waals surface area (Å²) in [5.74, 6) is 1.73. The minimum Gasteiger partial charge on any atom is -0.393 e. The van der Waals surface area contributed by atoms with E-state index < -0.39 is 36.0 Å². The molecule has 0 aliphatic carbocycles. The van der Waals surface area contributed by atoms with Crippen LogP contribution in [0.4, 0.5) is 5.95 Å². The Kier molecular flexibility index (Phi) is 4.44. The molecule has 0 radical (unpaired) electrons. The van der Waals surface area contributed by atoms with Crippen LogP contribution in [-0.2, 0) is 4.74 Å². The molecule has 0 unspecified atom stereocenters. The van der Waals surface area contributed by atoms with Crippen molar-refractivity contribution in [1.82, 2.24) is 14.5 Å². The third-order valence-electron chi connectivity index (χ3n) is 3.22. The van der Waals surface area contributed by atoms with E-state index >= 15 is 0 Å². The number of aliphatic hydroxyl groups excluding tert-OH is 2. The third-order valence-corrected chi connectivity index (χ3v) is 3.32.